The third-order valence-corrected chi connectivity index (χ3v) is 3.41. The molecule has 1 aliphatic rings. The molecule has 1 aromatic rings. The fraction of sp³-hybridized carbons (Fsp3) is 0.500. The van der Waals surface area contributed by atoms with Crippen molar-refractivity contribution in [1.29, 1.82) is 0 Å². The van der Waals surface area contributed by atoms with E-state index in [0.29, 0.717) is 6.54 Å². The first-order valence-corrected chi connectivity index (χ1v) is 5.55. The lowest BCUT2D eigenvalue weighted by Crippen LogP contribution is -2.16. The van der Waals surface area contributed by atoms with Crippen LogP contribution in [0.2, 0.25) is 0 Å². The molecule has 0 unspecified atom stereocenters. The zero-order valence-electron chi connectivity index (χ0n) is 9.32. The molecular formula is C12H16F2N2. The van der Waals surface area contributed by atoms with E-state index in [0.717, 1.165) is 31.4 Å². The predicted octanol–water partition coefficient (Wildman–Crippen LogP) is 3.15. The Morgan fingerprint density at radius 1 is 1.31 bits per heavy atom. The van der Waals surface area contributed by atoms with Crippen molar-refractivity contribution in [2.75, 3.05) is 17.6 Å². The molecule has 88 valence electrons. The van der Waals surface area contributed by atoms with Gasteiger partial charge in [0.1, 0.15) is 5.69 Å². The molecule has 0 bridgehead atoms. The van der Waals surface area contributed by atoms with E-state index in [2.05, 4.69) is 12.2 Å². The number of anilines is 2. The van der Waals surface area contributed by atoms with Crippen LogP contribution in [0.5, 0.6) is 0 Å². The highest BCUT2D eigenvalue weighted by Crippen LogP contribution is 2.48. The summed E-state index contributed by atoms with van der Waals surface area (Å²) in [7, 11) is 0. The molecule has 0 radical (unpaired) electrons. The first-order chi connectivity index (χ1) is 7.56. The van der Waals surface area contributed by atoms with Gasteiger partial charge in [-0.2, -0.15) is 0 Å². The van der Waals surface area contributed by atoms with Gasteiger partial charge in [0, 0.05) is 12.2 Å². The van der Waals surface area contributed by atoms with E-state index >= 15 is 0 Å². The van der Waals surface area contributed by atoms with Crippen LogP contribution in [0.3, 0.4) is 0 Å². The van der Waals surface area contributed by atoms with Crippen LogP contribution in [0.4, 0.5) is 20.2 Å². The monoisotopic (exact) mass is 226 g/mol. The summed E-state index contributed by atoms with van der Waals surface area (Å²) in [6.45, 7) is 2.73. The van der Waals surface area contributed by atoms with Crippen molar-refractivity contribution in [3.63, 3.8) is 0 Å². The topological polar surface area (TPSA) is 38.0 Å². The first-order valence-electron chi connectivity index (χ1n) is 5.55. The summed E-state index contributed by atoms with van der Waals surface area (Å²) in [5, 5.41) is 2.86. The second-order valence-electron chi connectivity index (χ2n) is 4.57. The average Bonchev–Trinajstić information content (AvgIpc) is 2.97. The fourth-order valence-corrected chi connectivity index (χ4v) is 1.87. The predicted molar refractivity (Wildman–Crippen MR) is 61.2 cm³/mol. The zero-order chi connectivity index (χ0) is 11.8. The van der Waals surface area contributed by atoms with Crippen LogP contribution in [-0.4, -0.2) is 6.54 Å². The number of hydrogen-bond donors (Lipinski definition) is 2. The Hall–Kier alpha value is -1.32. The van der Waals surface area contributed by atoms with Gasteiger partial charge in [-0.15, -0.1) is 0 Å². The van der Waals surface area contributed by atoms with Crippen LogP contribution in [0.25, 0.3) is 0 Å². The molecular weight excluding hydrogens is 210 g/mol. The minimum absolute atomic E-state index is 0.0612. The van der Waals surface area contributed by atoms with Gasteiger partial charge in [0.15, 0.2) is 11.6 Å². The van der Waals surface area contributed by atoms with E-state index in [-0.39, 0.29) is 16.8 Å². The molecule has 16 heavy (non-hydrogen) atoms. The van der Waals surface area contributed by atoms with Crippen molar-refractivity contribution in [2.24, 2.45) is 5.41 Å². The standard InChI is InChI=1S/C12H16F2N2/c1-2-12(3-4-12)7-16-11-9(13)5-8(15)6-10(11)14/h5-6,16H,2-4,7,15H2,1H3. The molecule has 1 aliphatic carbocycles. The molecule has 2 nitrogen and oxygen atoms in total. The highest BCUT2D eigenvalue weighted by molar-refractivity contribution is 5.54. The third kappa shape index (κ3) is 2.10. The molecule has 1 aromatic carbocycles. The molecule has 0 atom stereocenters. The SMILES string of the molecule is CCC1(CNc2c(F)cc(N)cc2F)CC1. The smallest absolute Gasteiger partial charge is 0.151 e. The van der Waals surface area contributed by atoms with Gasteiger partial charge < -0.3 is 11.1 Å². The van der Waals surface area contributed by atoms with Gasteiger partial charge in [-0.25, -0.2) is 8.78 Å². The molecule has 0 spiro atoms. The lowest BCUT2D eigenvalue weighted by atomic mass is 10.0. The van der Waals surface area contributed by atoms with Crippen LogP contribution in [-0.2, 0) is 0 Å². The highest BCUT2D eigenvalue weighted by Gasteiger charge is 2.40. The molecule has 0 aliphatic heterocycles. The summed E-state index contributed by atoms with van der Waals surface area (Å²) in [6.07, 6.45) is 3.31. The van der Waals surface area contributed by atoms with Crippen molar-refractivity contribution >= 4 is 11.4 Å². The lowest BCUT2D eigenvalue weighted by Gasteiger charge is -2.15. The Morgan fingerprint density at radius 2 is 1.88 bits per heavy atom. The number of nitrogens with one attached hydrogen (secondary N) is 1. The third-order valence-electron chi connectivity index (χ3n) is 3.41. The molecule has 0 amide bonds. The van der Waals surface area contributed by atoms with Crippen molar-refractivity contribution in [3.05, 3.63) is 23.8 Å². The number of rotatable bonds is 4. The van der Waals surface area contributed by atoms with Crippen LogP contribution < -0.4 is 11.1 Å². The molecule has 0 saturated heterocycles. The van der Waals surface area contributed by atoms with Gasteiger partial charge in [0.25, 0.3) is 0 Å². The van der Waals surface area contributed by atoms with Gasteiger partial charge in [-0.05, 0) is 36.8 Å². The second-order valence-corrected chi connectivity index (χ2v) is 4.57. The maximum Gasteiger partial charge on any atom is 0.151 e. The van der Waals surface area contributed by atoms with Gasteiger partial charge in [-0.1, -0.05) is 6.92 Å². The summed E-state index contributed by atoms with van der Waals surface area (Å²) < 4.78 is 26.9. The summed E-state index contributed by atoms with van der Waals surface area (Å²) >= 11 is 0. The second kappa shape index (κ2) is 3.92. The Balaban J connectivity index is 2.09. The lowest BCUT2D eigenvalue weighted by molar-refractivity contribution is 0.514. The summed E-state index contributed by atoms with van der Waals surface area (Å²) in [5.41, 5.74) is 5.64. The van der Waals surface area contributed by atoms with Crippen molar-refractivity contribution in [2.45, 2.75) is 26.2 Å². The van der Waals surface area contributed by atoms with Crippen LogP contribution in [0.15, 0.2) is 12.1 Å². The molecule has 0 aromatic heterocycles. The van der Waals surface area contributed by atoms with Crippen molar-refractivity contribution in [3.8, 4) is 0 Å². The van der Waals surface area contributed by atoms with Crippen molar-refractivity contribution < 1.29 is 8.78 Å². The summed E-state index contributed by atoms with van der Waals surface area (Å²) in [6, 6.07) is 2.27. The van der Waals surface area contributed by atoms with E-state index in [4.69, 9.17) is 5.73 Å². The zero-order valence-corrected chi connectivity index (χ0v) is 9.32. The summed E-state index contributed by atoms with van der Waals surface area (Å²) in [5.74, 6) is -1.24. The maximum absolute atomic E-state index is 13.4. The molecule has 4 heteroatoms. The molecule has 1 fully saturated rings. The first kappa shape index (κ1) is 11.2. The normalized spacial score (nSPS) is 17.2. The van der Waals surface area contributed by atoms with Crippen LogP contribution in [0.1, 0.15) is 26.2 Å². The fourth-order valence-electron chi connectivity index (χ4n) is 1.87. The van der Waals surface area contributed by atoms with Gasteiger partial charge in [0.2, 0.25) is 0 Å². The minimum atomic E-state index is -0.621. The van der Waals surface area contributed by atoms with E-state index in [9.17, 15) is 8.78 Å². The summed E-state index contributed by atoms with van der Waals surface area (Å²) in [4.78, 5) is 0. The quantitative estimate of drug-likeness (QED) is 0.774. The number of nitrogen functional groups attached to an aromatic ring is 1. The number of benzene rings is 1. The van der Waals surface area contributed by atoms with E-state index in [1.54, 1.807) is 0 Å². The van der Waals surface area contributed by atoms with Crippen molar-refractivity contribution in [1.82, 2.24) is 0 Å². The Bertz CT molecular complexity index is 377. The van der Waals surface area contributed by atoms with E-state index < -0.39 is 11.6 Å². The maximum atomic E-state index is 13.4. The Morgan fingerprint density at radius 3 is 2.31 bits per heavy atom. The van der Waals surface area contributed by atoms with Gasteiger partial charge in [0.05, 0.1) is 0 Å². The number of halogens is 2. The largest absolute Gasteiger partial charge is 0.399 e. The Kier molecular flexibility index (Phi) is 2.74. The van der Waals surface area contributed by atoms with E-state index in [1.165, 1.54) is 0 Å². The molecule has 1 saturated carbocycles. The molecule has 3 N–H and O–H groups in total. The Labute approximate surface area is 93.8 Å². The van der Waals surface area contributed by atoms with Crippen LogP contribution >= 0.6 is 0 Å². The average molecular weight is 226 g/mol. The minimum Gasteiger partial charge on any atom is -0.399 e. The molecule has 2 rings (SSSR count). The highest BCUT2D eigenvalue weighted by atomic mass is 19.1. The van der Waals surface area contributed by atoms with Crippen LogP contribution in [0, 0.1) is 17.0 Å². The number of hydrogen-bond acceptors (Lipinski definition) is 2. The van der Waals surface area contributed by atoms with E-state index in [1.807, 2.05) is 0 Å². The molecule has 0 heterocycles. The number of nitrogens with two attached hydrogens (primary N) is 1. The van der Waals surface area contributed by atoms with Gasteiger partial charge in [-0.3, -0.25) is 0 Å². The van der Waals surface area contributed by atoms with Gasteiger partial charge >= 0.3 is 0 Å².